The highest BCUT2D eigenvalue weighted by Gasteiger charge is 2.12. The summed E-state index contributed by atoms with van der Waals surface area (Å²) in [6.07, 6.45) is 2.47. The monoisotopic (exact) mass is 315 g/mol. The van der Waals surface area contributed by atoms with Gasteiger partial charge in [-0.05, 0) is 24.1 Å². The van der Waals surface area contributed by atoms with Crippen molar-refractivity contribution < 1.29 is 9.53 Å². The fraction of sp³-hybridized carbons (Fsp3) is 0.312. The number of nitrogens with zero attached hydrogens (tertiary/aromatic N) is 3. The third-order valence-electron chi connectivity index (χ3n) is 3.22. The van der Waals surface area contributed by atoms with Crippen molar-refractivity contribution in [3.05, 3.63) is 36.0 Å². The van der Waals surface area contributed by atoms with Crippen LogP contribution in [0.3, 0.4) is 0 Å². The molecule has 0 saturated carbocycles. The lowest BCUT2D eigenvalue weighted by molar-refractivity contribution is 0.262. The Morgan fingerprint density at radius 3 is 2.48 bits per heavy atom. The number of aryl methyl sites for hydroxylation is 1. The summed E-state index contributed by atoms with van der Waals surface area (Å²) in [5.41, 5.74) is 2.44. The summed E-state index contributed by atoms with van der Waals surface area (Å²) < 4.78 is 5.01. The van der Waals surface area contributed by atoms with Crippen molar-refractivity contribution in [1.82, 2.24) is 9.97 Å². The predicted octanol–water partition coefficient (Wildman–Crippen LogP) is 2.76. The molecule has 0 saturated heterocycles. The Hall–Kier alpha value is -2.83. The maximum absolute atomic E-state index is 12.1. The van der Waals surface area contributed by atoms with E-state index in [1.54, 1.807) is 4.90 Å². The molecule has 7 heteroatoms. The van der Waals surface area contributed by atoms with E-state index in [1.165, 1.54) is 18.9 Å². The molecule has 7 nitrogen and oxygen atoms in total. The normalized spacial score (nSPS) is 10.1. The zero-order valence-electron chi connectivity index (χ0n) is 13.8. The Labute approximate surface area is 135 Å². The van der Waals surface area contributed by atoms with Crippen LogP contribution < -0.4 is 20.3 Å². The van der Waals surface area contributed by atoms with E-state index in [-0.39, 0.29) is 12.0 Å². The molecule has 0 aliphatic rings. The quantitative estimate of drug-likeness (QED) is 0.887. The van der Waals surface area contributed by atoms with E-state index in [1.807, 2.05) is 38.4 Å². The van der Waals surface area contributed by atoms with E-state index in [0.29, 0.717) is 11.5 Å². The van der Waals surface area contributed by atoms with Gasteiger partial charge < -0.3 is 20.3 Å². The van der Waals surface area contributed by atoms with Gasteiger partial charge in [-0.15, -0.1) is 0 Å². The highest BCUT2D eigenvalue weighted by molar-refractivity contribution is 6.01. The molecule has 0 aliphatic heterocycles. The molecular weight excluding hydrogens is 294 g/mol. The molecule has 0 bridgehead atoms. The number of carbonyl (C=O) groups is 1. The third-order valence-corrected chi connectivity index (χ3v) is 3.22. The Morgan fingerprint density at radius 1 is 1.22 bits per heavy atom. The van der Waals surface area contributed by atoms with Gasteiger partial charge in [-0.2, -0.15) is 4.98 Å². The third kappa shape index (κ3) is 4.32. The molecule has 2 aromatic rings. The summed E-state index contributed by atoms with van der Waals surface area (Å²) in [4.78, 5) is 22.2. The van der Waals surface area contributed by atoms with Crippen molar-refractivity contribution in [2.75, 3.05) is 36.7 Å². The zero-order valence-corrected chi connectivity index (χ0v) is 13.8. The average Bonchev–Trinajstić information content (AvgIpc) is 2.55. The van der Waals surface area contributed by atoms with Crippen LogP contribution in [-0.2, 0) is 6.42 Å². The SMILES string of the molecule is CCc1ccc(NC(=O)Nc2cnc(OC)nc2N(C)C)cc1. The lowest BCUT2D eigenvalue weighted by Gasteiger charge is -2.17. The first-order chi connectivity index (χ1) is 11.0. The average molecular weight is 315 g/mol. The summed E-state index contributed by atoms with van der Waals surface area (Å²) in [5.74, 6) is 0.563. The fourth-order valence-electron chi connectivity index (χ4n) is 1.99. The molecule has 2 N–H and O–H groups in total. The van der Waals surface area contributed by atoms with Crippen LogP contribution in [0.4, 0.5) is 22.0 Å². The van der Waals surface area contributed by atoms with Gasteiger partial charge in [0.25, 0.3) is 0 Å². The number of carbonyl (C=O) groups excluding carboxylic acids is 1. The number of methoxy groups -OCH3 is 1. The minimum atomic E-state index is -0.355. The van der Waals surface area contributed by atoms with Gasteiger partial charge in [0.2, 0.25) is 0 Å². The molecule has 0 fully saturated rings. The number of ether oxygens (including phenoxy) is 1. The highest BCUT2D eigenvalue weighted by Crippen LogP contribution is 2.23. The highest BCUT2D eigenvalue weighted by atomic mass is 16.5. The van der Waals surface area contributed by atoms with Gasteiger partial charge in [0.05, 0.1) is 13.3 Å². The summed E-state index contributed by atoms with van der Waals surface area (Å²) >= 11 is 0. The van der Waals surface area contributed by atoms with Crippen LogP contribution in [0.1, 0.15) is 12.5 Å². The zero-order chi connectivity index (χ0) is 16.8. The number of aromatic nitrogens is 2. The molecule has 1 aromatic carbocycles. The minimum Gasteiger partial charge on any atom is -0.467 e. The Kier molecular flexibility index (Phi) is 5.35. The standard InChI is InChI=1S/C16H21N5O2/c1-5-11-6-8-12(9-7-11)18-15(22)19-13-10-17-16(23-4)20-14(13)21(2)3/h6-10H,5H2,1-4H3,(H2,18,19,22). The Bertz CT molecular complexity index is 671. The summed E-state index contributed by atoms with van der Waals surface area (Å²) in [7, 11) is 5.15. The van der Waals surface area contributed by atoms with Gasteiger partial charge in [-0.25, -0.2) is 9.78 Å². The van der Waals surface area contributed by atoms with E-state index in [4.69, 9.17) is 4.74 Å². The minimum absolute atomic E-state index is 0.245. The molecule has 1 heterocycles. The molecule has 1 aromatic heterocycles. The molecule has 0 radical (unpaired) electrons. The van der Waals surface area contributed by atoms with Crippen LogP contribution >= 0.6 is 0 Å². The summed E-state index contributed by atoms with van der Waals surface area (Å²) in [6, 6.07) is 7.60. The first-order valence-electron chi connectivity index (χ1n) is 7.28. The molecule has 2 amide bonds. The van der Waals surface area contributed by atoms with Gasteiger partial charge in [-0.1, -0.05) is 19.1 Å². The van der Waals surface area contributed by atoms with E-state index in [2.05, 4.69) is 27.5 Å². The van der Waals surface area contributed by atoms with Gasteiger partial charge in [-0.3, -0.25) is 0 Å². The second-order valence-electron chi connectivity index (χ2n) is 5.12. The van der Waals surface area contributed by atoms with Gasteiger partial charge in [0.1, 0.15) is 5.69 Å². The second kappa shape index (κ2) is 7.44. The number of nitrogens with one attached hydrogen (secondary N) is 2. The molecular formula is C16H21N5O2. The predicted molar refractivity (Wildman–Crippen MR) is 91.4 cm³/mol. The first-order valence-corrected chi connectivity index (χ1v) is 7.28. The number of amides is 2. The van der Waals surface area contributed by atoms with Crippen molar-refractivity contribution in [3.8, 4) is 6.01 Å². The van der Waals surface area contributed by atoms with Crippen LogP contribution in [-0.4, -0.2) is 37.2 Å². The fourth-order valence-corrected chi connectivity index (χ4v) is 1.99. The van der Waals surface area contributed by atoms with Crippen LogP contribution in [0.2, 0.25) is 0 Å². The Morgan fingerprint density at radius 2 is 1.91 bits per heavy atom. The van der Waals surface area contributed by atoms with Crippen molar-refractivity contribution in [2.24, 2.45) is 0 Å². The van der Waals surface area contributed by atoms with Crippen LogP contribution in [0.25, 0.3) is 0 Å². The number of hydrogen-bond donors (Lipinski definition) is 2. The van der Waals surface area contributed by atoms with Crippen LogP contribution in [0.5, 0.6) is 6.01 Å². The molecule has 2 rings (SSSR count). The van der Waals surface area contributed by atoms with E-state index in [0.717, 1.165) is 12.1 Å². The maximum atomic E-state index is 12.1. The van der Waals surface area contributed by atoms with Crippen molar-refractivity contribution in [2.45, 2.75) is 13.3 Å². The van der Waals surface area contributed by atoms with Crippen molar-refractivity contribution in [3.63, 3.8) is 0 Å². The van der Waals surface area contributed by atoms with Crippen molar-refractivity contribution >= 4 is 23.2 Å². The molecule has 0 aliphatic carbocycles. The lowest BCUT2D eigenvalue weighted by Crippen LogP contribution is -2.22. The number of rotatable bonds is 5. The van der Waals surface area contributed by atoms with Crippen LogP contribution in [0, 0.1) is 0 Å². The molecule has 0 unspecified atom stereocenters. The molecule has 0 atom stereocenters. The topological polar surface area (TPSA) is 79.4 Å². The first kappa shape index (κ1) is 16.5. The number of urea groups is 1. The van der Waals surface area contributed by atoms with Gasteiger partial charge >= 0.3 is 12.0 Å². The van der Waals surface area contributed by atoms with Gasteiger partial charge in [0, 0.05) is 19.8 Å². The second-order valence-corrected chi connectivity index (χ2v) is 5.12. The Balaban J connectivity index is 2.10. The number of anilines is 3. The molecule has 0 spiro atoms. The van der Waals surface area contributed by atoms with E-state index in [9.17, 15) is 4.79 Å². The number of benzene rings is 1. The van der Waals surface area contributed by atoms with E-state index >= 15 is 0 Å². The van der Waals surface area contributed by atoms with Crippen molar-refractivity contribution in [1.29, 1.82) is 0 Å². The van der Waals surface area contributed by atoms with Crippen LogP contribution in [0.15, 0.2) is 30.5 Å². The summed E-state index contributed by atoms with van der Waals surface area (Å²) in [5, 5.41) is 5.53. The van der Waals surface area contributed by atoms with Gasteiger partial charge in [0.15, 0.2) is 5.82 Å². The number of hydrogen-bond acceptors (Lipinski definition) is 5. The lowest BCUT2D eigenvalue weighted by atomic mass is 10.1. The molecule has 122 valence electrons. The van der Waals surface area contributed by atoms with E-state index < -0.39 is 0 Å². The summed E-state index contributed by atoms with van der Waals surface area (Å²) in [6.45, 7) is 2.08. The maximum Gasteiger partial charge on any atom is 0.323 e. The smallest absolute Gasteiger partial charge is 0.323 e. The largest absolute Gasteiger partial charge is 0.467 e. The molecule has 23 heavy (non-hydrogen) atoms.